The van der Waals surface area contributed by atoms with E-state index in [-0.39, 0.29) is 21.4 Å². The summed E-state index contributed by atoms with van der Waals surface area (Å²) in [5.74, 6) is 0. The lowest BCUT2D eigenvalue weighted by Crippen LogP contribution is -2.20. The number of aromatic amines is 1. The molecule has 1 aromatic heterocycles. The summed E-state index contributed by atoms with van der Waals surface area (Å²) < 4.78 is 128. The first-order valence-electron chi connectivity index (χ1n) is 11.9. The van der Waals surface area contributed by atoms with Crippen molar-refractivity contribution in [1.82, 2.24) is 14.6 Å². The monoisotopic (exact) mass is 308 g/mol. The second-order valence-electron chi connectivity index (χ2n) is 3.79. The highest BCUT2D eigenvalue weighted by atomic mass is 32.2. The molecule has 0 bridgehead atoms. The van der Waals surface area contributed by atoms with E-state index in [1.165, 1.54) is 0 Å². The number of aromatic nitrogens is 1. The number of H-pyrrole nitrogens is 1. The molecule has 0 aliphatic heterocycles. The Morgan fingerprint density at radius 1 is 1.50 bits per heavy atom. The summed E-state index contributed by atoms with van der Waals surface area (Å²) in [5, 5.41) is -0.332. The van der Waals surface area contributed by atoms with Crippen molar-refractivity contribution in [2.45, 2.75) is 12.1 Å². The van der Waals surface area contributed by atoms with Crippen LogP contribution in [0.5, 0.6) is 0 Å². The van der Waals surface area contributed by atoms with Crippen LogP contribution >= 0.6 is 0 Å². The van der Waals surface area contributed by atoms with Gasteiger partial charge in [-0.25, -0.2) is 13.1 Å². The fourth-order valence-corrected chi connectivity index (χ4v) is 2.00. The predicted octanol–water partition coefficient (Wildman–Crippen LogP) is 1.32. The van der Waals surface area contributed by atoms with Crippen LogP contribution in [0, 0.1) is 0 Å². The van der Waals surface area contributed by atoms with Gasteiger partial charge in [0, 0.05) is 37.3 Å². The third-order valence-electron chi connectivity index (χ3n) is 2.46. The first-order chi connectivity index (χ1) is 14.6. The molecule has 0 atom stereocenters. The van der Waals surface area contributed by atoms with Crippen molar-refractivity contribution in [1.29, 1.82) is 0 Å². The molecule has 0 radical (unpaired) electrons. The molecule has 0 aliphatic carbocycles. The molecule has 2 rings (SSSR count). The molecule has 0 spiro atoms. The van der Waals surface area contributed by atoms with E-state index < -0.39 is 66.3 Å². The van der Waals surface area contributed by atoms with Crippen LogP contribution in [0.1, 0.15) is 28.9 Å². The third-order valence-corrected chi connectivity index (χ3v) is 3.47. The number of fused-ring (bicyclic) bond motifs is 1. The van der Waals surface area contributed by atoms with Gasteiger partial charge in [0.05, 0.1) is 9.82 Å². The molecule has 1 heterocycles. The molecule has 20 heavy (non-hydrogen) atoms. The zero-order chi connectivity index (χ0) is 25.9. The molecule has 5 nitrogen and oxygen atoms in total. The Balaban J connectivity index is 2.82. The summed E-state index contributed by atoms with van der Waals surface area (Å²) in [6.45, 7) is -9.78. The predicted molar refractivity (Wildman–Crippen MR) is 82.2 cm³/mol. The normalized spacial score (nSPS) is 24.6. The standard InChI is InChI=1S/C14H21N3O2S/c1-15-20(18,19)10-11-4-5-14-13(8-11)12(9-16-14)6-7-17(2)3/h4-5,8-9,15-16H,6-7,10H2,1-3H3/i2D3,3D3,4D,5D,7D2,8D,10D2. The Hall–Kier alpha value is -1.37. The lowest BCUT2D eigenvalue weighted by atomic mass is 10.1. The second-order valence-corrected chi connectivity index (χ2v) is 5.41. The summed E-state index contributed by atoms with van der Waals surface area (Å²) in [7, 11) is -3.82. The topological polar surface area (TPSA) is 65.2 Å². The number of rotatable bonds is 6. The Labute approximate surface area is 138 Å². The molecule has 0 aliphatic rings. The summed E-state index contributed by atoms with van der Waals surface area (Å²) >= 11 is 0. The molecule has 2 N–H and O–H groups in total. The van der Waals surface area contributed by atoms with Gasteiger partial charge in [-0.3, -0.25) is 0 Å². The van der Waals surface area contributed by atoms with Crippen LogP contribution in [0.4, 0.5) is 0 Å². The molecule has 110 valence electrons. The highest BCUT2D eigenvalue weighted by molar-refractivity contribution is 7.88. The van der Waals surface area contributed by atoms with E-state index in [0.717, 1.165) is 13.2 Å². The molecular formula is C14H21N3O2S. The van der Waals surface area contributed by atoms with E-state index in [2.05, 4.69) is 4.98 Å². The van der Waals surface area contributed by atoms with Crippen LogP contribution in [0.25, 0.3) is 10.9 Å². The van der Waals surface area contributed by atoms with Gasteiger partial charge in [0.15, 0.2) is 0 Å². The smallest absolute Gasteiger partial charge is 0.215 e. The number of benzene rings is 1. The van der Waals surface area contributed by atoms with Gasteiger partial charge >= 0.3 is 0 Å². The number of nitrogens with zero attached hydrogens (tertiary/aromatic N) is 1. The van der Waals surface area contributed by atoms with Crippen molar-refractivity contribution in [2.75, 3.05) is 27.5 Å². The molecule has 2 aromatic rings. The first-order valence-corrected chi connectivity index (χ1v) is 6.93. The van der Waals surface area contributed by atoms with E-state index in [0.29, 0.717) is 0 Å². The van der Waals surface area contributed by atoms with E-state index in [1.807, 2.05) is 0 Å². The largest absolute Gasteiger partial charge is 0.361 e. The summed E-state index contributed by atoms with van der Waals surface area (Å²) in [6.07, 6.45) is 0.148. The minimum Gasteiger partial charge on any atom is -0.361 e. The SMILES string of the molecule is [2H]c1c(C([2H])([2H])S(=O)(=O)NC)c([2H])c2c(CC([2H])([2H])N(C([2H])([2H])[2H])C([2H])([2H])[2H])c[nH]c2c1[2H]. The maximum Gasteiger partial charge on any atom is 0.215 e. The van der Waals surface area contributed by atoms with Gasteiger partial charge in [0.1, 0.15) is 0 Å². The summed E-state index contributed by atoms with van der Waals surface area (Å²) in [5.41, 5.74) is -4.71. The highest BCUT2D eigenvalue weighted by Gasteiger charge is 2.11. The quantitative estimate of drug-likeness (QED) is 0.846. The number of hydrogen-bond donors (Lipinski definition) is 2. The lowest BCUT2D eigenvalue weighted by molar-refractivity contribution is 0.414. The van der Waals surface area contributed by atoms with Crippen LogP contribution in [0.3, 0.4) is 0 Å². The Morgan fingerprint density at radius 2 is 2.30 bits per heavy atom. The first kappa shape index (κ1) is 5.44. The highest BCUT2D eigenvalue weighted by Crippen LogP contribution is 2.21. The fraction of sp³-hybridized carbons (Fsp3) is 0.429. The zero-order valence-corrected chi connectivity index (χ0v) is 11.3. The van der Waals surface area contributed by atoms with Crippen molar-refractivity contribution in [3.05, 3.63) is 35.5 Å². The van der Waals surface area contributed by atoms with Gasteiger partial charge in [-0.2, -0.15) is 0 Å². The van der Waals surface area contributed by atoms with Gasteiger partial charge in [-0.05, 0) is 50.6 Å². The van der Waals surface area contributed by atoms with Gasteiger partial charge in [0.2, 0.25) is 10.0 Å². The third kappa shape index (κ3) is 3.59. The molecule has 0 saturated heterocycles. The average Bonchev–Trinajstić information content (AvgIpc) is 2.99. The van der Waals surface area contributed by atoms with Crippen LogP contribution in [-0.2, 0) is 22.1 Å². The fourth-order valence-electron chi connectivity index (χ4n) is 1.53. The van der Waals surface area contributed by atoms with E-state index in [4.69, 9.17) is 17.8 Å². The number of hydrogen-bond acceptors (Lipinski definition) is 3. The van der Waals surface area contributed by atoms with Crippen molar-refractivity contribution < 1.29 is 26.2 Å². The Bertz CT molecular complexity index is 1150. The second kappa shape index (κ2) is 5.95. The maximum atomic E-state index is 12.2. The molecular weight excluding hydrogens is 274 g/mol. The molecule has 6 heteroatoms. The van der Waals surface area contributed by atoms with Crippen LogP contribution in [0.15, 0.2) is 24.3 Å². The van der Waals surface area contributed by atoms with Crippen molar-refractivity contribution in [3.63, 3.8) is 0 Å². The Morgan fingerprint density at radius 3 is 3.00 bits per heavy atom. The van der Waals surface area contributed by atoms with Crippen molar-refractivity contribution in [3.8, 4) is 0 Å². The van der Waals surface area contributed by atoms with Crippen molar-refractivity contribution >= 4 is 20.9 Å². The van der Waals surface area contributed by atoms with Crippen LogP contribution in [0.2, 0.25) is 0 Å². The summed E-state index contributed by atoms with van der Waals surface area (Å²) in [4.78, 5) is 2.24. The van der Waals surface area contributed by atoms with Crippen LogP contribution in [-0.4, -0.2) is 45.8 Å². The molecule has 0 unspecified atom stereocenters. The van der Waals surface area contributed by atoms with Gasteiger partial charge < -0.3 is 9.88 Å². The van der Waals surface area contributed by atoms with Gasteiger partial charge in [-0.1, -0.05) is 6.04 Å². The van der Waals surface area contributed by atoms with Gasteiger partial charge in [0.25, 0.3) is 0 Å². The minimum atomic E-state index is -4.75. The Kier molecular flexibility index (Phi) is 1.62. The van der Waals surface area contributed by atoms with E-state index in [1.54, 1.807) is 4.72 Å². The number of aryl methyl sites for hydroxylation is 1. The number of nitrogens with one attached hydrogen (secondary N) is 2. The lowest BCUT2D eigenvalue weighted by Gasteiger charge is -2.08. The molecule has 0 saturated carbocycles. The minimum absolute atomic E-state index is 0.203. The van der Waals surface area contributed by atoms with Gasteiger partial charge in [-0.15, -0.1) is 0 Å². The maximum absolute atomic E-state index is 12.2. The number of sulfonamides is 1. The average molecular weight is 308 g/mol. The van der Waals surface area contributed by atoms with Crippen molar-refractivity contribution in [2.24, 2.45) is 0 Å². The van der Waals surface area contributed by atoms with E-state index >= 15 is 0 Å². The van der Waals surface area contributed by atoms with Crippen LogP contribution < -0.4 is 4.72 Å². The molecule has 0 fully saturated rings. The zero-order valence-electron chi connectivity index (χ0n) is 23.5. The summed E-state index contributed by atoms with van der Waals surface area (Å²) in [6, 6.07) is -2.41. The molecule has 0 amide bonds. The molecule has 1 aromatic carbocycles. The number of likely N-dealkylation sites (N-methyl/N-ethyl adjacent to an activating group) is 1. The van der Waals surface area contributed by atoms with E-state index in [9.17, 15) is 8.42 Å².